The first-order valence-corrected chi connectivity index (χ1v) is 12.6. The van der Waals surface area contributed by atoms with Crippen molar-refractivity contribution in [2.24, 2.45) is 5.92 Å². The van der Waals surface area contributed by atoms with Crippen molar-refractivity contribution in [1.82, 2.24) is 0 Å². The van der Waals surface area contributed by atoms with Gasteiger partial charge in [0.25, 0.3) is 0 Å². The van der Waals surface area contributed by atoms with Gasteiger partial charge in [0, 0.05) is 5.57 Å². The Morgan fingerprint density at radius 2 is 1.59 bits per heavy atom. The van der Waals surface area contributed by atoms with E-state index in [-0.39, 0.29) is 22.8 Å². The molecule has 1 N–H and O–H groups in total. The van der Waals surface area contributed by atoms with Gasteiger partial charge in [0.15, 0.2) is 17.4 Å². The zero-order chi connectivity index (χ0) is 28.1. The molecule has 37 heavy (non-hydrogen) atoms. The van der Waals surface area contributed by atoms with Crippen LogP contribution < -0.4 is 0 Å². The molecule has 0 amide bonds. The highest BCUT2D eigenvalue weighted by atomic mass is 19.2. The van der Waals surface area contributed by atoms with Crippen molar-refractivity contribution >= 4 is 0 Å². The fourth-order valence-electron chi connectivity index (χ4n) is 4.14. The van der Waals surface area contributed by atoms with Crippen LogP contribution in [0.1, 0.15) is 76.7 Å². The minimum absolute atomic E-state index is 0.104. The first-order chi connectivity index (χ1) is 17.4. The third-order valence-corrected chi connectivity index (χ3v) is 6.50. The average Bonchev–Trinajstić information content (AvgIpc) is 2.89. The summed E-state index contributed by atoms with van der Waals surface area (Å²) in [6, 6.07) is 2.80. The summed E-state index contributed by atoms with van der Waals surface area (Å²) >= 11 is 0. The first-order valence-electron chi connectivity index (χ1n) is 12.6. The van der Waals surface area contributed by atoms with E-state index in [1.807, 2.05) is 0 Å². The largest absolute Gasteiger partial charge is 0.505 e. The van der Waals surface area contributed by atoms with Crippen LogP contribution in [0.3, 0.4) is 0 Å². The van der Waals surface area contributed by atoms with Gasteiger partial charge >= 0.3 is 0 Å². The van der Waals surface area contributed by atoms with Gasteiger partial charge in [0.2, 0.25) is 11.6 Å². The molecule has 0 radical (unpaired) electrons. The molecule has 1 aromatic carbocycles. The normalized spacial score (nSPS) is 17.9. The number of methoxy groups -OCH3 is 1. The summed E-state index contributed by atoms with van der Waals surface area (Å²) in [6.45, 7) is 17.8. The van der Waals surface area contributed by atoms with Gasteiger partial charge in [-0.15, -0.1) is 0 Å². The van der Waals surface area contributed by atoms with Gasteiger partial charge in [-0.25, -0.2) is 8.78 Å². The van der Waals surface area contributed by atoms with Crippen LogP contribution in [0.25, 0.3) is 0 Å². The molecular weight excluding hydrogens is 480 g/mol. The van der Waals surface area contributed by atoms with Crippen molar-refractivity contribution in [1.29, 1.82) is 0 Å². The maximum absolute atomic E-state index is 13.9. The lowest BCUT2D eigenvalue weighted by Gasteiger charge is -2.29. The van der Waals surface area contributed by atoms with Gasteiger partial charge in [-0.2, -0.15) is 8.78 Å². The molecule has 0 aromatic heterocycles. The molecule has 0 atom stereocenters. The van der Waals surface area contributed by atoms with Crippen molar-refractivity contribution in [2.75, 3.05) is 7.11 Å². The highest BCUT2D eigenvalue weighted by Gasteiger charge is 2.26. The molecule has 1 aliphatic rings. The molecule has 0 bridgehead atoms. The predicted octanol–water partition coefficient (Wildman–Crippen LogP) is 10.1. The van der Waals surface area contributed by atoms with Gasteiger partial charge in [0.1, 0.15) is 5.76 Å². The lowest BCUT2D eigenvalue weighted by Crippen LogP contribution is -2.14. The Labute approximate surface area is 219 Å². The molecule has 2 nitrogen and oxygen atoms in total. The van der Waals surface area contributed by atoms with Crippen LogP contribution in [0.2, 0.25) is 0 Å². The Kier molecular flexibility index (Phi) is 13.8. The fraction of sp³-hybridized carbons (Fsp3) is 0.419. The van der Waals surface area contributed by atoms with Crippen molar-refractivity contribution < 1.29 is 27.4 Å². The smallest absolute Gasteiger partial charge is 0.200 e. The Morgan fingerprint density at radius 3 is 2.14 bits per heavy atom. The van der Waals surface area contributed by atoms with Crippen molar-refractivity contribution in [3.63, 3.8) is 0 Å². The van der Waals surface area contributed by atoms with Crippen molar-refractivity contribution in [3.8, 4) is 5.75 Å². The molecule has 0 spiro atoms. The Balaban J connectivity index is 0.000000377. The molecule has 1 saturated carbocycles. The van der Waals surface area contributed by atoms with E-state index in [0.29, 0.717) is 5.56 Å². The number of allylic oxidation sites excluding steroid dienone is 7. The van der Waals surface area contributed by atoms with Gasteiger partial charge in [-0.3, -0.25) is 0 Å². The second-order valence-electron chi connectivity index (χ2n) is 9.45. The Bertz CT molecular complexity index is 1030. The second kappa shape index (κ2) is 16.0. The molecule has 1 aliphatic carbocycles. The highest BCUT2D eigenvalue weighted by Crippen LogP contribution is 2.39. The summed E-state index contributed by atoms with van der Waals surface area (Å²) in [5, 5.41) is 9.17. The number of halogens is 4. The molecular formula is C31H40F4O2. The number of phenolic OH excluding ortho intramolecular Hbond substituents is 1. The maximum atomic E-state index is 13.9. The van der Waals surface area contributed by atoms with Crippen molar-refractivity contribution in [2.45, 2.75) is 71.1 Å². The number of benzene rings is 1. The molecule has 0 heterocycles. The van der Waals surface area contributed by atoms with E-state index in [2.05, 4.69) is 38.0 Å². The van der Waals surface area contributed by atoms with Gasteiger partial charge in [-0.05, 0) is 61.6 Å². The SMILES string of the molecule is C=C(C)/C=C\C(=C)C(=C)/C(F)=C(/F)C(=C)OC.CCCCCC1CCC(c2ccc(O)c(F)c2F)CC1. The summed E-state index contributed by atoms with van der Waals surface area (Å²) in [5.41, 5.74) is 1.31. The van der Waals surface area contributed by atoms with Gasteiger partial charge < -0.3 is 9.84 Å². The van der Waals surface area contributed by atoms with Crippen LogP contribution in [0.4, 0.5) is 17.6 Å². The number of ether oxygens (including phenoxy) is 1. The van der Waals surface area contributed by atoms with Crippen molar-refractivity contribution in [3.05, 3.63) is 102 Å². The Morgan fingerprint density at radius 1 is 0.973 bits per heavy atom. The van der Waals surface area contributed by atoms with E-state index in [0.717, 1.165) is 37.2 Å². The summed E-state index contributed by atoms with van der Waals surface area (Å²) in [6.07, 6.45) is 12.3. The second-order valence-corrected chi connectivity index (χ2v) is 9.45. The van der Waals surface area contributed by atoms with E-state index < -0.39 is 29.0 Å². The minimum Gasteiger partial charge on any atom is -0.505 e. The summed E-state index contributed by atoms with van der Waals surface area (Å²) in [5.74, 6) is -4.40. The zero-order valence-electron chi connectivity index (χ0n) is 22.3. The highest BCUT2D eigenvalue weighted by molar-refractivity contribution is 5.49. The summed E-state index contributed by atoms with van der Waals surface area (Å²) in [4.78, 5) is 0. The molecule has 204 valence electrons. The predicted molar refractivity (Wildman–Crippen MR) is 144 cm³/mol. The van der Waals surface area contributed by atoms with E-state index in [1.165, 1.54) is 51.0 Å². The monoisotopic (exact) mass is 520 g/mol. The molecule has 0 unspecified atom stereocenters. The molecule has 0 aliphatic heterocycles. The Hall–Kier alpha value is -3.02. The minimum atomic E-state index is -1.18. The van der Waals surface area contributed by atoms with Crippen LogP contribution in [0.5, 0.6) is 5.75 Å². The molecule has 1 aromatic rings. The van der Waals surface area contributed by atoms with Crippen LogP contribution >= 0.6 is 0 Å². The third kappa shape index (κ3) is 10.1. The van der Waals surface area contributed by atoms with Gasteiger partial charge in [-0.1, -0.05) is 82.7 Å². The number of unbranched alkanes of at least 4 members (excludes halogenated alkanes) is 2. The third-order valence-electron chi connectivity index (χ3n) is 6.50. The quantitative estimate of drug-likeness (QED) is 0.136. The molecule has 2 rings (SSSR count). The molecule has 0 saturated heterocycles. The average molecular weight is 521 g/mol. The lowest BCUT2D eigenvalue weighted by atomic mass is 9.77. The first kappa shape index (κ1) is 32.0. The fourth-order valence-corrected chi connectivity index (χ4v) is 4.14. The number of hydrogen-bond acceptors (Lipinski definition) is 2. The van der Waals surface area contributed by atoms with Crippen LogP contribution in [0.15, 0.2) is 84.7 Å². The standard InChI is InChI=1S/C17H24F2O.C14H16F2O/c1-2-3-4-5-12-6-8-13(9-7-12)14-10-11-15(20)17(19)16(14)18;1-9(2)7-8-10(3)11(4)13(15)14(16)12(5)17-6/h10-13,20H,2-9H2,1H3;7-8H,1,3-5H2,2,6H3/b;8-7-,14-13-. The van der Waals surface area contributed by atoms with Crippen LogP contribution in [0, 0.1) is 17.6 Å². The summed E-state index contributed by atoms with van der Waals surface area (Å²) < 4.78 is 58.6. The zero-order valence-corrected chi connectivity index (χ0v) is 22.3. The van der Waals surface area contributed by atoms with E-state index in [4.69, 9.17) is 0 Å². The van der Waals surface area contributed by atoms with Crippen LogP contribution in [-0.4, -0.2) is 12.2 Å². The topological polar surface area (TPSA) is 29.5 Å². The van der Waals surface area contributed by atoms with E-state index >= 15 is 0 Å². The summed E-state index contributed by atoms with van der Waals surface area (Å²) in [7, 11) is 1.20. The molecule has 1 fully saturated rings. The number of rotatable bonds is 11. The lowest BCUT2D eigenvalue weighted by molar-refractivity contribution is 0.281. The maximum Gasteiger partial charge on any atom is 0.200 e. The molecule has 6 heteroatoms. The number of phenols is 1. The van der Waals surface area contributed by atoms with Crippen LogP contribution in [-0.2, 0) is 4.74 Å². The number of aromatic hydroxyl groups is 1. The number of hydrogen-bond donors (Lipinski definition) is 1. The van der Waals surface area contributed by atoms with E-state index in [9.17, 15) is 22.7 Å². The van der Waals surface area contributed by atoms with E-state index in [1.54, 1.807) is 13.0 Å². The van der Waals surface area contributed by atoms with Gasteiger partial charge in [0.05, 0.1) is 7.11 Å².